The van der Waals surface area contributed by atoms with Crippen molar-refractivity contribution in [2.75, 3.05) is 11.1 Å². The van der Waals surface area contributed by atoms with Gasteiger partial charge in [0.25, 0.3) is 0 Å². The van der Waals surface area contributed by atoms with Crippen molar-refractivity contribution in [3.05, 3.63) is 36.0 Å². The highest BCUT2D eigenvalue weighted by Gasteiger charge is 2.05. The molecule has 0 spiro atoms. The molecule has 0 saturated carbocycles. The Bertz CT molecular complexity index is 598. The van der Waals surface area contributed by atoms with Gasteiger partial charge >= 0.3 is 0 Å². The van der Waals surface area contributed by atoms with Gasteiger partial charge in [-0.15, -0.1) is 0 Å². The minimum absolute atomic E-state index is 0.0835. The topological polar surface area (TPSA) is 80.9 Å². The van der Waals surface area contributed by atoms with Crippen LogP contribution in [0.2, 0.25) is 0 Å². The molecule has 0 aliphatic carbocycles. The van der Waals surface area contributed by atoms with Gasteiger partial charge in [-0.2, -0.15) is 0 Å². The van der Waals surface area contributed by atoms with E-state index >= 15 is 0 Å². The highest BCUT2D eigenvalue weighted by Crippen LogP contribution is 2.29. The van der Waals surface area contributed by atoms with Crippen molar-refractivity contribution in [3.63, 3.8) is 0 Å². The second-order valence-corrected chi connectivity index (χ2v) is 5.09. The van der Waals surface area contributed by atoms with E-state index in [9.17, 15) is 4.79 Å². The molecule has 0 aliphatic rings. The predicted octanol–water partition coefficient (Wildman–Crippen LogP) is 2.48. The number of carbonyl (C=O) groups excluding carboxylic acids is 1. The van der Waals surface area contributed by atoms with Crippen molar-refractivity contribution in [1.29, 1.82) is 0 Å². The Hall–Kier alpha value is -2.08. The standard InChI is InChI=1S/C13H14N4OS/c1-8-7-15-13(14)17-12(8)19-11-5-3-10(4-6-11)16-9(2)18/h3-7H,1-2H3,(H,16,18)(H2,14,15,17). The van der Waals surface area contributed by atoms with E-state index in [1.807, 2.05) is 31.2 Å². The molecule has 0 aliphatic heterocycles. The summed E-state index contributed by atoms with van der Waals surface area (Å²) in [4.78, 5) is 20.1. The number of carbonyl (C=O) groups is 1. The van der Waals surface area contributed by atoms with Crippen molar-refractivity contribution in [1.82, 2.24) is 9.97 Å². The Balaban J connectivity index is 2.15. The number of nitrogens with two attached hydrogens (primary N) is 1. The first-order chi connectivity index (χ1) is 9.04. The first-order valence-corrected chi connectivity index (χ1v) is 6.51. The number of aromatic nitrogens is 2. The fraction of sp³-hybridized carbons (Fsp3) is 0.154. The number of amides is 1. The monoisotopic (exact) mass is 274 g/mol. The molecule has 0 unspecified atom stereocenters. The van der Waals surface area contributed by atoms with Crippen LogP contribution in [0.4, 0.5) is 11.6 Å². The second kappa shape index (κ2) is 5.71. The van der Waals surface area contributed by atoms with Gasteiger partial charge in [0.15, 0.2) is 0 Å². The van der Waals surface area contributed by atoms with Gasteiger partial charge in [-0.05, 0) is 31.2 Å². The number of rotatable bonds is 3. The van der Waals surface area contributed by atoms with E-state index in [2.05, 4.69) is 15.3 Å². The molecule has 0 atom stereocenters. The Morgan fingerprint density at radius 1 is 1.32 bits per heavy atom. The van der Waals surface area contributed by atoms with Crippen LogP contribution in [0.5, 0.6) is 0 Å². The maximum absolute atomic E-state index is 10.9. The number of benzene rings is 1. The molecule has 19 heavy (non-hydrogen) atoms. The lowest BCUT2D eigenvalue weighted by Gasteiger charge is -2.06. The molecule has 1 heterocycles. The molecular weight excluding hydrogens is 260 g/mol. The zero-order valence-corrected chi connectivity index (χ0v) is 11.5. The molecule has 1 aromatic carbocycles. The van der Waals surface area contributed by atoms with Crippen molar-refractivity contribution >= 4 is 29.3 Å². The van der Waals surface area contributed by atoms with E-state index in [1.54, 1.807) is 6.20 Å². The van der Waals surface area contributed by atoms with E-state index < -0.39 is 0 Å². The summed E-state index contributed by atoms with van der Waals surface area (Å²) in [6, 6.07) is 7.55. The Morgan fingerprint density at radius 3 is 2.63 bits per heavy atom. The molecule has 1 amide bonds. The molecule has 0 saturated heterocycles. The van der Waals surface area contributed by atoms with Crippen LogP contribution in [0.25, 0.3) is 0 Å². The van der Waals surface area contributed by atoms with Gasteiger partial charge in [0.1, 0.15) is 5.03 Å². The highest BCUT2D eigenvalue weighted by molar-refractivity contribution is 7.99. The average Bonchev–Trinajstić information content (AvgIpc) is 2.35. The Labute approximate surface area is 115 Å². The maximum Gasteiger partial charge on any atom is 0.221 e. The van der Waals surface area contributed by atoms with E-state index in [4.69, 9.17) is 5.73 Å². The lowest BCUT2D eigenvalue weighted by molar-refractivity contribution is -0.114. The number of nitrogens with one attached hydrogen (secondary N) is 1. The number of hydrogen-bond donors (Lipinski definition) is 2. The molecule has 0 radical (unpaired) electrons. The molecule has 2 aromatic rings. The van der Waals surface area contributed by atoms with Crippen LogP contribution < -0.4 is 11.1 Å². The van der Waals surface area contributed by atoms with E-state index in [0.29, 0.717) is 0 Å². The minimum atomic E-state index is -0.0835. The van der Waals surface area contributed by atoms with Gasteiger partial charge in [-0.1, -0.05) is 11.8 Å². The number of nitrogen functional groups attached to an aromatic ring is 1. The highest BCUT2D eigenvalue weighted by atomic mass is 32.2. The molecule has 2 rings (SSSR count). The molecule has 0 bridgehead atoms. The largest absolute Gasteiger partial charge is 0.368 e. The molecule has 98 valence electrons. The van der Waals surface area contributed by atoms with Crippen LogP contribution in [0.3, 0.4) is 0 Å². The SMILES string of the molecule is CC(=O)Nc1ccc(Sc2nc(N)ncc2C)cc1. The van der Waals surface area contributed by atoms with Crippen LogP contribution in [-0.4, -0.2) is 15.9 Å². The van der Waals surface area contributed by atoms with Gasteiger partial charge in [-0.25, -0.2) is 9.97 Å². The zero-order chi connectivity index (χ0) is 13.8. The van der Waals surface area contributed by atoms with E-state index in [-0.39, 0.29) is 11.9 Å². The summed E-state index contributed by atoms with van der Waals surface area (Å²) in [5.41, 5.74) is 7.33. The normalized spacial score (nSPS) is 10.2. The van der Waals surface area contributed by atoms with Gasteiger partial charge in [0, 0.05) is 29.3 Å². The molecule has 3 N–H and O–H groups in total. The van der Waals surface area contributed by atoms with Crippen LogP contribution >= 0.6 is 11.8 Å². The van der Waals surface area contributed by atoms with Crippen LogP contribution in [0.15, 0.2) is 40.4 Å². The molecule has 6 heteroatoms. The molecule has 5 nitrogen and oxygen atoms in total. The van der Waals surface area contributed by atoms with Gasteiger partial charge in [0.05, 0.1) is 0 Å². The number of aryl methyl sites for hydroxylation is 1. The molecule has 0 fully saturated rings. The van der Waals surface area contributed by atoms with E-state index in [0.717, 1.165) is 21.2 Å². The number of anilines is 2. The van der Waals surface area contributed by atoms with Crippen molar-refractivity contribution < 1.29 is 4.79 Å². The van der Waals surface area contributed by atoms with Crippen molar-refractivity contribution in [2.45, 2.75) is 23.8 Å². The van der Waals surface area contributed by atoms with Crippen LogP contribution in [-0.2, 0) is 4.79 Å². The van der Waals surface area contributed by atoms with Crippen molar-refractivity contribution in [3.8, 4) is 0 Å². The van der Waals surface area contributed by atoms with Crippen molar-refractivity contribution in [2.24, 2.45) is 0 Å². The third kappa shape index (κ3) is 3.69. The predicted molar refractivity (Wildman–Crippen MR) is 76.1 cm³/mol. The zero-order valence-electron chi connectivity index (χ0n) is 10.7. The van der Waals surface area contributed by atoms with Gasteiger partial charge < -0.3 is 11.1 Å². The first-order valence-electron chi connectivity index (χ1n) is 5.69. The van der Waals surface area contributed by atoms with Gasteiger partial charge in [0.2, 0.25) is 11.9 Å². The lowest BCUT2D eigenvalue weighted by atomic mass is 10.3. The number of nitrogens with zero attached hydrogens (tertiary/aromatic N) is 2. The summed E-state index contributed by atoms with van der Waals surface area (Å²) in [5, 5.41) is 3.56. The third-order valence-electron chi connectivity index (χ3n) is 2.33. The van der Waals surface area contributed by atoms with Gasteiger partial charge in [-0.3, -0.25) is 4.79 Å². The quantitative estimate of drug-likeness (QED) is 0.840. The first kappa shape index (κ1) is 13.4. The molecule has 1 aromatic heterocycles. The Kier molecular flexibility index (Phi) is 4.01. The minimum Gasteiger partial charge on any atom is -0.368 e. The Morgan fingerprint density at radius 2 is 2.00 bits per heavy atom. The summed E-state index contributed by atoms with van der Waals surface area (Å²) in [5.74, 6) is 0.183. The summed E-state index contributed by atoms with van der Waals surface area (Å²) >= 11 is 1.51. The summed E-state index contributed by atoms with van der Waals surface area (Å²) in [6.07, 6.45) is 1.70. The van der Waals surface area contributed by atoms with Crippen LogP contribution in [0, 0.1) is 6.92 Å². The summed E-state index contributed by atoms with van der Waals surface area (Å²) in [7, 11) is 0. The summed E-state index contributed by atoms with van der Waals surface area (Å²) < 4.78 is 0. The fourth-order valence-electron chi connectivity index (χ4n) is 1.46. The third-order valence-corrected chi connectivity index (χ3v) is 3.45. The van der Waals surface area contributed by atoms with Crippen LogP contribution in [0.1, 0.15) is 12.5 Å². The lowest BCUT2D eigenvalue weighted by Crippen LogP contribution is -2.05. The average molecular weight is 274 g/mol. The molecular formula is C13H14N4OS. The number of hydrogen-bond acceptors (Lipinski definition) is 5. The second-order valence-electron chi connectivity index (χ2n) is 4.02. The maximum atomic E-state index is 10.9. The smallest absolute Gasteiger partial charge is 0.221 e. The summed E-state index contributed by atoms with van der Waals surface area (Å²) in [6.45, 7) is 3.42. The van der Waals surface area contributed by atoms with E-state index in [1.165, 1.54) is 18.7 Å². The fourth-order valence-corrected chi connectivity index (χ4v) is 2.31.